The summed E-state index contributed by atoms with van der Waals surface area (Å²) < 4.78 is 0. The normalized spacial score (nSPS) is 15.4. The lowest BCUT2D eigenvalue weighted by molar-refractivity contribution is -0.129. The average molecular weight is 422 g/mol. The van der Waals surface area contributed by atoms with Crippen molar-refractivity contribution in [2.24, 2.45) is 0 Å². The molecule has 0 bridgehead atoms. The summed E-state index contributed by atoms with van der Waals surface area (Å²) in [5.41, 5.74) is 7.07. The molecule has 2 heterocycles. The molecular weight excluding hydrogens is 398 g/mol. The second kappa shape index (κ2) is 9.97. The molecule has 0 spiro atoms. The zero-order valence-electron chi connectivity index (χ0n) is 15.8. The summed E-state index contributed by atoms with van der Waals surface area (Å²) in [7, 11) is 0. The van der Waals surface area contributed by atoms with Crippen LogP contribution in [0.3, 0.4) is 0 Å². The number of carbonyl (C=O) groups is 2. The largest absolute Gasteiger partial charge is 0.297 e. The van der Waals surface area contributed by atoms with E-state index in [1.165, 1.54) is 16.9 Å². The summed E-state index contributed by atoms with van der Waals surface area (Å²) in [6, 6.07) is 7.89. The number of hydrazine groups is 1. The van der Waals surface area contributed by atoms with E-state index >= 15 is 0 Å². The first-order valence-electron chi connectivity index (χ1n) is 9.16. The van der Waals surface area contributed by atoms with E-state index in [0.29, 0.717) is 0 Å². The molecule has 9 heteroatoms. The van der Waals surface area contributed by atoms with Crippen LogP contribution in [0.2, 0.25) is 5.02 Å². The first-order valence-corrected chi connectivity index (χ1v) is 10.4. The summed E-state index contributed by atoms with van der Waals surface area (Å²) in [5.74, 6) is -0.481. The van der Waals surface area contributed by atoms with Crippen LogP contribution in [0.25, 0.3) is 0 Å². The van der Waals surface area contributed by atoms with Crippen LogP contribution in [0.1, 0.15) is 16.3 Å². The number of nitrogens with one attached hydrogen (secondary N) is 2. The second-order valence-electron chi connectivity index (χ2n) is 6.83. The van der Waals surface area contributed by atoms with Crippen LogP contribution in [0, 0.1) is 6.92 Å². The van der Waals surface area contributed by atoms with Crippen LogP contribution in [0.4, 0.5) is 0 Å². The zero-order chi connectivity index (χ0) is 19.9. The van der Waals surface area contributed by atoms with Crippen LogP contribution in [-0.4, -0.2) is 59.3 Å². The summed E-state index contributed by atoms with van der Waals surface area (Å²) in [4.78, 5) is 32.6. The molecule has 0 atom stereocenters. The maximum atomic E-state index is 12.1. The van der Waals surface area contributed by atoms with Gasteiger partial charge in [0.15, 0.2) is 0 Å². The number of hydrogen-bond donors (Lipinski definition) is 2. The number of rotatable bonds is 6. The van der Waals surface area contributed by atoms with Gasteiger partial charge in [0.25, 0.3) is 5.91 Å². The van der Waals surface area contributed by atoms with Crippen molar-refractivity contribution in [2.45, 2.75) is 19.9 Å². The van der Waals surface area contributed by atoms with Gasteiger partial charge in [0.1, 0.15) is 5.01 Å². The van der Waals surface area contributed by atoms with E-state index in [1.807, 2.05) is 36.6 Å². The lowest BCUT2D eigenvalue weighted by Crippen LogP contribution is -2.51. The molecule has 0 unspecified atom stereocenters. The van der Waals surface area contributed by atoms with Gasteiger partial charge in [0.2, 0.25) is 5.91 Å². The van der Waals surface area contributed by atoms with Gasteiger partial charge in [0.05, 0.1) is 13.0 Å². The smallest absolute Gasteiger partial charge is 0.252 e. The van der Waals surface area contributed by atoms with Gasteiger partial charge < -0.3 is 0 Å². The zero-order valence-corrected chi connectivity index (χ0v) is 17.4. The van der Waals surface area contributed by atoms with Gasteiger partial charge in [-0.25, -0.2) is 4.98 Å². The molecule has 1 aromatic carbocycles. The third kappa shape index (κ3) is 6.56. The molecule has 0 saturated carbocycles. The Bertz CT molecular complexity index is 803. The number of thiazole rings is 1. The predicted molar refractivity (Wildman–Crippen MR) is 110 cm³/mol. The SMILES string of the molecule is Cc1csc(CC(=O)NNC(=O)CN2CCN(Cc3ccc(Cl)cc3)CC2)n1. The Balaban J connectivity index is 1.33. The van der Waals surface area contributed by atoms with Gasteiger partial charge in [-0.1, -0.05) is 23.7 Å². The highest BCUT2D eigenvalue weighted by Crippen LogP contribution is 2.13. The summed E-state index contributed by atoms with van der Waals surface area (Å²) in [6.45, 7) is 6.45. The van der Waals surface area contributed by atoms with Crippen LogP contribution in [0.5, 0.6) is 0 Å². The highest BCUT2D eigenvalue weighted by Gasteiger charge is 2.19. The van der Waals surface area contributed by atoms with Crippen molar-refractivity contribution in [1.29, 1.82) is 0 Å². The number of benzene rings is 1. The number of hydrogen-bond acceptors (Lipinski definition) is 6. The first-order chi connectivity index (χ1) is 13.5. The fourth-order valence-electron chi connectivity index (χ4n) is 3.00. The van der Waals surface area contributed by atoms with Gasteiger partial charge in [-0.15, -0.1) is 11.3 Å². The minimum atomic E-state index is -0.268. The number of halogens is 1. The molecule has 7 nitrogen and oxygen atoms in total. The fraction of sp³-hybridized carbons (Fsp3) is 0.421. The Hall–Kier alpha value is -2.00. The Morgan fingerprint density at radius 3 is 2.36 bits per heavy atom. The lowest BCUT2D eigenvalue weighted by atomic mass is 10.2. The number of nitrogens with zero attached hydrogens (tertiary/aromatic N) is 3. The molecule has 1 aliphatic rings. The molecule has 2 aromatic rings. The van der Waals surface area contributed by atoms with Gasteiger partial charge in [-0.2, -0.15) is 0 Å². The first kappa shape index (κ1) is 20.7. The molecule has 1 aliphatic heterocycles. The standard InChI is InChI=1S/C19H24ClN5O2S/c1-14-13-28-19(21-14)10-17(26)22-23-18(27)12-25-8-6-24(7-9-25)11-15-2-4-16(20)5-3-15/h2-5,13H,6-12H2,1H3,(H,22,26)(H,23,27). The van der Waals surface area contributed by atoms with Crippen LogP contribution in [0.15, 0.2) is 29.6 Å². The number of aryl methyl sites for hydroxylation is 1. The monoisotopic (exact) mass is 421 g/mol. The van der Waals surface area contributed by atoms with E-state index in [0.717, 1.165) is 48.4 Å². The van der Waals surface area contributed by atoms with E-state index in [1.54, 1.807) is 0 Å². The summed E-state index contributed by atoms with van der Waals surface area (Å²) >= 11 is 7.36. The third-order valence-electron chi connectivity index (χ3n) is 4.47. The second-order valence-corrected chi connectivity index (χ2v) is 8.21. The topological polar surface area (TPSA) is 77.6 Å². The van der Waals surface area contributed by atoms with Crippen molar-refractivity contribution in [1.82, 2.24) is 25.6 Å². The van der Waals surface area contributed by atoms with Crippen LogP contribution >= 0.6 is 22.9 Å². The van der Waals surface area contributed by atoms with E-state index in [9.17, 15) is 9.59 Å². The molecule has 0 radical (unpaired) electrons. The minimum Gasteiger partial charge on any atom is -0.297 e. The Morgan fingerprint density at radius 2 is 1.71 bits per heavy atom. The van der Waals surface area contributed by atoms with Crippen LogP contribution < -0.4 is 10.9 Å². The van der Waals surface area contributed by atoms with Crippen molar-refractivity contribution < 1.29 is 9.59 Å². The maximum absolute atomic E-state index is 12.1. The highest BCUT2D eigenvalue weighted by atomic mass is 35.5. The molecule has 3 rings (SSSR count). The van der Waals surface area contributed by atoms with E-state index in [4.69, 9.17) is 11.6 Å². The van der Waals surface area contributed by atoms with Gasteiger partial charge >= 0.3 is 0 Å². The lowest BCUT2D eigenvalue weighted by Gasteiger charge is -2.34. The molecule has 2 N–H and O–H groups in total. The van der Waals surface area contributed by atoms with Crippen molar-refractivity contribution in [3.63, 3.8) is 0 Å². The Kier molecular flexibility index (Phi) is 7.38. The fourth-order valence-corrected chi connectivity index (χ4v) is 3.90. The minimum absolute atomic E-state index is 0.169. The molecule has 150 valence electrons. The van der Waals surface area contributed by atoms with E-state index in [-0.39, 0.29) is 24.8 Å². The number of piperazine rings is 1. The molecule has 1 aromatic heterocycles. The number of amides is 2. The van der Waals surface area contributed by atoms with Gasteiger partial charge in [-0.3, -0.25) is 30.2 Å². The van der Waals surface area contributed by atoms with Crippen molar-refractivity contribution >= 4 is 34.8 Å². The highest BCUT2D eigenvalue weighted by molar-refractivity contribution is 7.09. The molecule has 1 saturated heterocycles. The number of aromatic nitrogens is 1. The maximum Gasteiger partial charge on any atom is 0.252 e. The third-order valence-corrected chi connectivity index (χ3v) is 5.69. The molecule has 1 fully saturated rings. The number of carbonyl (C=O) groups excluding carboxylic acids is 2. The van der Waals surface area contributed by atoms with Gasteiger partial charge in [0, 0.05) is 48.8 Å². The average Bonchev–Trinajstić information content (AvgIpc) is 3.08. The summed E-state index contributed by atoms with van der Waals surface area (Å²) in [6.07, 6.45) is 0.169. The Morgan fingerprint density at radius 1 is 1.07 bits per heavy atom. The molecule has 2 amide bonds. The Labute approximate surface area is 173 Å². The quantitative estimate of drug-likeness (QED) is 0.693. The van der Waals surface area contributed by atoms with E-state index < -0.39 is 0 Å². The van der Waals surface area contributed by atoms with Gasteiger partial charge in [-0.05, 0) is 24.6 Å². The van der Waals surface area contributed by atoms with Crippen molar-refractivity contribution in [2.75, 3.05) is 32.7 Å². The van der Waals surface area contributed by atoms with Crippen molar-refractivity contribution in [3.8, 4) is 0 Å². The molecule has 0 aliphatic carbocycles. The molecular formula is C19H24ClN5O2S. The molecule has 28 heavy (non-hydrogen) atoms. The van der Waals surface area contributed by atoms with Crippen LogP contribution in [-0.2, 0) is 22.6 Å². The van der Waals surface area contributed by atoms with E-state index in [2.05, 4.69) is 25.6 Å². The van der Waals surface area contributed by atoms with Crippen molar-refractivity contribution in [3.05, 3.63) is 50.9 Å². The summed E-state index contributed by atoms with van der Waals surface area (Å²) in [5, 5.41) is 3.38. The predicted octanol–water partition coefficient (Wildman–Crippen LogP) is 1.61.